The van der Waals surface area contributed by atoms with Crippen LogP contribution in [0.3, 0.4) is 0 Å². The number of esters is 1. The average Bonchev–Trinajstić information content (AvgIpc) is 3.00. The molecule has 0 radical (unpaired) electrons. The van der Waals surface area contributed by atoms with E-state index in [1.54, 1.807) is 13.0 Å². The van der Waals surface area contributed by atoms with Crippen LogP contribution in [-0.4, -0.2) is 74.8 Å². The Balaban J connectivity index is 1.04. The SMILES string of the molecule is CC(COc1ccc(F)cc1)C(=O)OCCN1CCN(CCCN2c3ccccc3Sc3ccc(C(F)(F)F)cc32)CC1. The third kappa shape index (κ3) is 8.21. The molecule has 1 fully saturated rings. The molecule has 0 aromatic heterocycles. The highest BCUT2D eigenvalue weighted by Crippen LogP contribution is 2.49. The van der Waals surface area contributed by atoms with Gasteiger partial charge in [0.05, 0.1) is 22.9 Å². The van der Waals surface area contributed by atoms with Crippen LogP contribution in [0.1, 0.15) is 18.9 Å². The van der Waals surface area contributed by atoms with Crippen molar-refractivity contribution in [3.8, 4) is 5.75 Å². The van der Waals surface area contributed by atoms with E-state index in [0.717, 1.165) is 60.7 Å². The minimum absolute atomic E-state index is 0.153. The monoisotopic (exact) mass is 617 g/mol. The number of anilines is 2. The summed E-state index contributed by atoms with van der Waals surface area (Å²) in [4.78, 5) is 20.9. The molecule has 2 aliphatic rings. The third-order valence-electron chi connectivity index (χ3n) is 7.64. The van der Waals surface area contributed by atoms with Gasteiger partial charge in [-0.3, -0.25) is 9.69 Å². The molecule has 1 atom stereocenters. The summed E-state index contributed by atoms with van der Waals surface area (Å²) >= 11 is 1.50. The van der Waals surface area contributed by atoms with Crippen LogP contribution >= 0.6 is 11.8 Å². The molecule has 3 aromatic carbocycles. The number of fused-ring (bicyclic) bond motifs is 2. The molecule has 43 heavy (non-hydrogen) atoms. The van der Waals surface area contributed by atoms with E-state index >= 15 is 0 Å². The van der Waals surface area contributed by atoms with Gasteiger partial charge >= 0.3 is 12.1 Å². The number of hydrogen-bond acceptors (Lipinski definition) is 7. The lowest BCUT2D eigenvalue weighted by atomic mass is 10.1. The number of rotatable bonds is 11. The van der Waals surface area contributed by atoms with E-state index in [4.69, 9.17) is 9.47 Å². The molecule has 0 bridgehead atoms. The second-order valence-corrected chi connectivity index (χ2v) is 11.9. The summed E-state index contributed by atoms with van der Waals surface area (Å²) in [7, 11) is 0. The quantitative estimate of drug-likeness (QED) is 0.175. The van der Waals surface area contributed by atoms with Gasteiger partial charge in [0.2, 0.25) is 0 Å². The Morgan fingerprint density at radius 3 is 2.28 bits per heavy atom. The fraction of sp³-hybridized carbons (Fsp3) is 0.406. The first-order chi connectivity index (χ1) is 20.7. The number of nitrogens with zero attached hydrogens (tertiary/aromatic N) is 3. The molecule has 1 unspecified atom stereocenters. The standard InChI is InChI=1S/C32H35F4N3O3S/c1-23(22-42-26-10-8-25(33)9-11-26)31(40)41-20-19-38-17-15-37(16-18-38)13-4-14-39-27-5-2-3-6-29(27)43-30-12-7-24(21-28(30)39)32(34,35)36/h2-3,5-12,21,23H,4,13-20,22H2,1H3. The van der Waals surface area contributed by atoms with Gasteiger partial charge in [0.15, 0.2) is 0 Å². The largest absolute Gasteiger partial charge is 0.493 e. The number of halogens is 4. The minimum Gasteiger partial charge on any atom is -0.493 e. The predicted molar refractivity (Wildman–Crippen MR) is 159 cm³/mol. The zero-order valence-electron chi connectivity index (χ0n) is 24.0. The van der Waals surface area contributed by atoms with Crippen LogP contribution in [0.4, 0.5) is 28.9 Å². The molecule has 0 amide bonds. The van der Waals surface area contributed by atoms with Crippen LogP contribution in [0.25, 0.3) is 0 Å². The number of para-hydroxylation sites is 1. The lowest BCUT2D eigenvalue weighted by molar-refractivity contribution is -0.149. The van der Waals surface area contributed by atoms with E-state index < -0.39 is 17.7 Å². The molecule has 2 heterocycles. The first kappa shape index (κ1) is 31.2. The lowest BCUT2D eigenvalue weighted by Crippen LogP contribution is -2.47. The maximum atomic E-state index is 13.5. The second-order valence-electron chi connectivity index (χ2n) is 10.8. The predicted octanol–water partition coefficient (Wildman–Crippen LogP) is 6.71. The normalized spacial score (nSPS) is 16.3. The van der Waals surface area contributed by atoms with Gasteiger partial charge in [-0.15, -0.1) is 0 Å². The highest BCUT2D eigenvalue weighted by Gasteiger charge is 2.33. The van der Waals surface area contributed by atoms with Gasteiger partial charge in [-0.05, 0) is 74.5 Å². The number of carbonyl (C=O) groups is 1. The summed E-state index contributed by atoms with van der Waals surface area (Å²) in [6.07, 6.45) is -3.58. The summed E-state index contributed by atoms with van der Waals surface area (Å²) in [5.74, 6) is -0.624. The number of benzene rings is 3. The zero-order valence-corrected chi connectivity index (χ0v) is 24.8. The fourth-order valence-electron chi connectivity index (χ4n) is 5.17. The van der Waals surface area contributed by atoms with Crippen molar-refractivity contribution in [3.63, 3.8) is 0 Å². The van der Waals surface area contributed by atoms with E-state index in [1.165, 1.54) is 42.1 Å². The van der Waals surface area contributed by atoms with Crippen LogP contribution in [0.15, 0.2) is 76.5 Å². The van der Waals surface area contributed by atoms with Crippen LogP contribution in [0.5, 0.6) is 5.75 Å². The Morgan fingerprint density at radius 1 is 0.884 bits per heavy atom. The average molecular weight is 618 g/mol. The highest BCUT2D eigenvalue weighted by molar-refractivity contribution is 7.99. The van der Waals surface area contributed by atoms with E-state index in [9.17, 15) is 22.4 Å². The molecule has 3 aromatic rings. The number of ether oxygens (including phenoxy) is 2. The summed E-state index contributed by atoms with van der Waals surface area (Å²) in [5.41, 5.74) is 0.912. The van der Waals surface area contributed by atoms with Crippen LogP contribution in [0.2, 0.25) is 0 Å². The smallest absolute Gasteiger partial charge is 0.416 e. The van der Waals surface area contributed by atoms with E-state index in [0.29, 0.717) is 31.1 Å². The van der Waals surface area contributed by atoms with Gasteiger partial charge in [-0.2, -0.15) is 13.2 Å². The Bertz CT molecular complexity index is 1380. The number of carbonyl (C=O) groups excluding carboxylic acids is 1. The van der Waals surface area contributed by atoms with Crippen molar-refractivity contribution in [2.24, 2.45) is 5.92 Å². The molecule has 5 rings (SSSR count). The Morgan fingerprint density at radius 2 is 1.56 bits per heavy atom. The molecular weight excluding hydrogens is 582 g/mol. The molecule has 230 valence electrons. The Kier molecular flexibility index (Phi) is 10.1. The van der Waals surface area contributed by atoms with Crippen molar-refractivity contribution >= 4 is 29.1 Å². The summed E-state index contributed by atoms with van der Waals surface area (Å²) in [6, 6.07) is 17.5. The van der Waals surface area contributed by atoms with Gasteiger partial charge in [0.25, 0.3) is 0 Å². The molecule has 0 spiro atoms. The van der Waals surface area contributed by atoms with Crippen molar-refractivity contribution in [2.75, 3.05) is 63.9 Å². The number of alkyl halides is 3. The topological polar surface area (TPSA) is 45.3 Å². The van der Waals surface area contributed by atoms with Gasteiger partial charge < -0.3 is 19.3 Å². The van der Waals surface area contributed by atoms with Gasteiger partial charge in [-0.25, -0.2) is 4.39 Å². The molecular formula is C32H35F4N3O3S. The van der Waals surface area contributed by atoms with Crippen molar-refractivity contribution in [1.29, 1.82) is 0 Å². The van der Waals surface area contributed by atoms with Gasteiger partial charge in [-0.1, -0.05) is 23.9 Å². The molecule has 11 heteroatoms. The summed E-state index contributed by atoms with van der Waals surface area (Å²) in [5, 5.41) is 0. The first-order valence-electron chi connectivity index (χ1n) is 14.4. The van der Waals surface area contributed by atoms with Crippen molar-refractivity contribution in [2.45, 2.75) is 29.3 Å². The molecule has 6 nitrogen and oxygen atoms in total. The number of piperazine rings is 1. The molecule has 1 saturated heterocycles. The van der Waals surface area contributed by atoms with Crippen LogP contribution < -0.4 is 9.64 Å². The maximum Gasteiger partial charge on any atom is 0.416 e. The Labute approximate surface area is 253 Å². The van der Waals surface area contributed by atoms with Crippen molar-refractivity contribution in [1.82, 2.24) is 9.80 Å². The third-order valence-corrected chi connectivity index (χ3v) is 8.77. The molecule has 0 N–H and O–H groups in total. The first-order valence-corrected chi connectivity index (χ1v) is 15.2. The van der Waals surface area contributed by atoms with Gasteiger partial charge in [0, 0.05) is 49.1 Å². The highest BCUT2D eigenvalue weighted by atomic mass is 32.2. The number of hydrogen-bond donors (Lipinski definition) is 0. The van der Waals surface area contributed by atoms with Crippen LogP contribution in [-0.2, 0) is 15.7 Å². The zero-order chi connectivity index (χ0) is 30.4. The second kappa shape index (κ2) is 14.0. The molecule has 2 aliphatic heterocycles. The minimum atomic E-state index is -4.39. The van der Waals surface area contributed by atoms with Crippen LogP contribution in [0, 0.1) is 11.7 Å². The summed E-state index contributed by atoms with van der Waals surface area (Å²) < 4.78 is 64.5. The van der Waals surface area contributed by atoms with Crippen molar-refractivity contribution in [3.05, 3.63) is 78.1 Å². The molecule has 0 aliphatic carbocycles. The molecule has 0 saturated carbocycles. The van der Waals surface area contributed by atoms with Gasteiger partial charge in [0.1, 0.15) is 24.8 Å². The lowest BCUT2D eigenvalue weighted by Gasteiger charge is -2.36. The maximum absolute atomic E-state index is 13.5. The summed E-state index contributed by atoms with van der Waals surface area (Å²) in [6.45, 7) is 7.73. The van der Waals surface area contributed by atoms with E-state index in [1.807, 2.05) is 29.2 Å². The fourth-order valence-corrected chi connectivity index (χ4v) is 6.25. The van der Waals surface area contributed by atoms with Crippen molar-refractivity contribution < 1.29 is 31.8 Å². The van der Waals surface area contributed by atoms with E-state index in [-0.39, 0.29) is 18.4 Å². The van der Waals surface area contributed by atoms with E-state index in [2.05, 4.69) is 9.80 Å². The Hall–Kier alpha value is -3.28.